The highest BCUT2D eigenvalue weighted by molar-refractivity contribution is 8.00. The Kier molecular flexibility index (Phi) is 5.73. The molecule has 0 radical (unpaired) electrons. The third kappa shape index (κ3) is 4.32. The lowest BCUT2D eigenvalue weighted by molar-refractivity contribution is -0.384. The van der Waals surface area contributed by atoms with E-state index in [2.05, 4.69) is 15.3 Å². The first-order valence-corrected chi connectivity index (χ1v) is 10.9. The topological polar surface area (TPSA) is 98.0 Å². The number of nitro groups is 1. The first-order valence-electron chi connectivity index (χ1n) is 8.99. The number of hydrogen-bond acceptors (Lipinski definition) is 7. The normalized spacial score (nSPS) is 10.8. The molecule has 0 spiro atoms. The van der Waals surface area contributed by atoms with E-state index in [1.165, 1.54) is 23.9 Å². The van der Waals surface area contributed by atoms with Crippen molar-refractivity contribution in [2.75, 3.05) is 11.1 Å². The summed E-state index contributed by atoms with van der Waals surface area (Å²) in [5.41, 5.74) is 1.94. The van der Waals surface area contributed by atoms with Gasteiger partial charge in [0.2, 0.25) is 5.91 Å². The second-order valence-corrected chi connectivity index (χ2v) is 8.35. The smallest absolute Gasteiger partial charge is 0.271 e. The van der Waals surface area contributed by atoms with Crippen molar-refractivity contribution >= 4 is 51.3 Å². The monoisotopic (exact) mass is 436 g/mol. The number of fused-ring (bicyclic) bond motifs is 1. The van der Waals surface area contributed by atoms with Gasteiger partial charge in [-0.25, -0.2) is 9.97 Å². The average Bonchev–Trinajstić information content (AvgIpc) is 3.28. The minimum atomic E-state index is -0.483. The van der Waals surface area contributed by atoms with E-state index in [1.807, 2.05) is 41.8 Å². The second-order valence-electron chi connectivity index (χ2n) is 6.44. The molecule has 1 amide bonds. The van der Waals surface area contributed by atoms with Gasteiger partial charge in [-0.3, -0.25) is 14.9 Å². The lowest BCUT2D eigenvalue weighted by atomic mass is 10.2. The fourth-order valence-corrected chi connectivity index (χ4v) is 4.33. The molecule has 4 rings (SSSR count). The van der Waals surface area contributed by atoms with Crippen LogP contribution in [0.15, 0.2) is 65.0 Å². The summed E-state index contributed by atoms with van der Waals surface area (Å²) < 4.78 is 0. The Labute approximate surface area is 180 Å². The number of nitro benzene ring substituents is 1. The van der Waals surface area contributed by atoms with E-state index in [9.17, 15) is 14.9 Å². The third-order valence-electron chi connectivity index (χ3n) is 4.36. The maximum absolute atomic E-state index is 12.5. The van der Waals surface area contributed by atoms with E-state index >= 15 is 0 Å². The quantitative estimate of drug-likeness (QED) is 0.190. The van der Waals surface area contributed by atoms with Crippen LogP contribution in [0.2, 0.25) is 0 Å². The highest BCUT2D eigenvalue weighted by Crippen LogP contribution is 2.30. The largest absolute Gasteiger partial charge is 0.325 e. The van der Waals surface area contributed by atoms with Gasteiger partial charge in [-0.1, -0.05) is 42.1 Å². The molecule has 4 aromatic rings. The van der Waals surface area contributed by atoms with Crippen LogP contribution in [0.5, 0.6) is 0 Å². The number of anilines is 1. The molecule has 9 heteroatoms. The number of hydrogen-bond donors (Lipinski definition) is 1. The van der Waals surface area contributed by atoms with Gasteiger partial charge in [-0.05, 0) is 30.0 Å². The predicted octanol–water partition coefficient (Wildman–Crippen LogP) is 5.31. The Hall–Kier alpha value is -3.30. The molecule has 0 unspecified atom stereocenters. The summed E-state index contributed by atoms with van der Waals surface area (Å²) >= 11 is 2.87. The first-order chi connectivity index (χ1) is 14.5. The van der Waals surface area contributed by atoms with Gasteiger partial charge in [0.15, 0.2) is 5.82 Å². The van der Waals surface area contributed by atoms with E-state index in [4.69, 9.17) is 0 Å². The molecule has 30 heavy (non-hydrogen) atoms. The van der Waals surface area contributed by atoms with Gasteiger partial charge in [-0.15, -0.1) is 11.3 Å². The van der Waals surface area contributed by atoms with Crippen molar-refractivity contribution in [3.05, 3.63) is 75.7 Å². The van der Waals surface area contributed by atoms with Crippen LogP contribution in [-0.2, 0) is 4.79 Å². The number of carbonyl (C=O) groups excluding carboxylic acids is 1. The number of amides is 1. The van der Waals surface area contributed by atoms with Gasteiger partial charge in [0, 0.05) is 17.5 Å². The van der Waals surface area contributed by atoms with E-state index in [-0.39, 0.29) is 17.3 Å². The Morgan fingerprint density at radius 1 is 1.17 bits per heavy atom. The number of aromatic nitrogens is 2. The molecule has 0 saturated heterocycles. The number of thiophene rings is 1. The van der Waals surface area contributed by atoms with Crippen LogP contribution in [0.4, 0.5) is 11.4 Å². The van der Waals surface area contributed by atoms with Crippen LogP contribution in [0.1, 0.15) is 5.56 Å². The Balaban J connectivity index is 1.56. The van der Waals surface area contributed by atoms with Crippen LogP contribution >= 0.6 is 23.1 Å². The van der Waals surface area contributed by atoms with Gasteiger partial charge in [-0.2, -0.15) is 0 Å². The molecule has 0 aliphatic carbocycles. The van der Waals surface area contributed by atoms with Gasteiger partial charge in [0.25, 0.3) is 5.69 Å². The lowest BCUT2D eigenvalue weighted by Crippen LogP contribution is -2.15. The number of para-hydroxylation sites is 1. The summed E-state index contributed by atoms with van der Waals surface area (Å²) in [6, 6.07) is 16.0. The summed E-state index contributed by atoms with van der Waals surface area (Å²) in [6.45, 7) is 1.79. The summed E-state index contributed by atoms with van der Waals surface area (Å²) in [6.07, 6.45) is 0. The highest BCUT2D eigenvalue weighted by atomic mass is 32.2. The minimum absolute atomic E-state index is 0.0639. The number of nitrogens with one attached hydrogen (secondary N) is 1. The Bertz CT molecular complexity index is 1240. The molecule has 2 aromatic heterocycles. The molecule has 2 aromatic carbocycles. The van der Waals surface area contributed by atoms with Crippen molar-refractivity contribution in [2.24, 2.45) is 0 Å². The van der Waals surface area contributed by atoms with Gasteiger partial charge >= 0.3 is 0 Å². The number of thioether (sulfide) groups is 1. The van der Waals surface area contributed by atoms with E-state index in [1.54, 1.807) is 24.3 Å². The summed E-state index contributed by atoms with van der Waals surface area (Å²) in [4.78, 5) is 33.3. The van der Waals surface area contributed by atoms with Crippen molar-refractivity contribution in [1.29, 1.82) is 0 Å². The van der Waals surface area contributed by atoms with E-state index in [0.29, 0.717) is 11.5 Å². The molecule has 0 fully saturated rings. The maximum atomic E-state index is 12.5. The molecule has 0 atom stereocenters. The first kappa shape index (κ1) is 20.0. The van der Waals surface area contributed by atoms with Crippen molar-refractivity contribution < 1.29 is 9.72 Å². The fraction of sp³-hybridized carbons (Fsp3) is 0.0952. The molecule has 0 aliphatic rings. The zero-order valence-electron chi connectivity index (χ0n) is 15.9. The predicted molar refractivity (Wildman–Crippen MR) is 120 cm³/mol. The van der Waals surface area contributed by atoms with Gasteiger partial charge in [0.05, 0.1) is 26.8 Å². The minimum Gasteiger partial charge on any atom is -0.325 e. The molecule has 2 heterocycles. The number of carbonyl (C=O) groups is 1. The van der Waals surface area contributed by atoms with Gasteiger partial charge < -0.3 is 5.32 Å². The molecule has 1 N–H and O–H groups in total. The number of rotatable bonds is 6. The van der Waals surface area contributed by atoms with Crippen molar-refractivity contribution in [3.8, 4) is 10.7 Å². The van der Waals surface area contributed by atoms with Crippen LogP contribution in [0.25, 0.3) is 21.6 Å². The SMILES string of the molecule is Cc1ccc([N+](=O)[O-])cc1NC(=O)CSc1nc(-c2cccs2)nc2ccccc12. The molecule has 0 saturated carbocycles. The van der Waals surface area contributed by atoms with Crippen molar-refractivity contribution in [3.63, 3.8) is 0 Å². The molecular formula is C21H16N4O3S2. The molecule has 0 bridgehead atoms. The zero-order chi connectivity index (χ0) is 21.1. The fourth-order valence-electron chi connectivity index (χ4n) is 2.85. The molecule has 150 valence electrons. The van der Waals surface area contributed by atoms with Crippen LogP contribution < -0.4 is 5.32 Å². The van der Waals surface area contributed by atoms with Crippen LogP contribution in [-0.4, -0.2) is 26.6 Å². The summed E-state index contributed by atoms with van der Waals surface area (Å²) in [7, 11) is 0. The highest BCUT2D eigenvalue weighted by Gasteiger charge is 2.14. The molecule has 7 nitrogen and oxygen atoms in total. The van der Waals surface area contributed by atoms with Crippen LogP contribution in [0, 0.1) is 17.0 Å². The Morgan fingerprint density at radius 3 is 2.77 bits per heavy atom. The van der Waals surface area contributed by atoms with E-state index in [0.717, 1.165) is 26.4 Å². The maximum Gasteiger partial charge on any atom is 0.271 e. The number of nitrogens with zero attached hydrogens (tertiary/aromatic N) is 3. The van der Waals surface area contributed by atoms with Crippen molar-refractivity contribution in [1.82, 2.24) is 9.97 Å². The number of aryl methyl sites for hydroxylation is 1. The third-order valence-corrected chi connectivity index (χ3v) is 6.21. The summed E-state index contributed by atoms with van der Waals surface area (Å²) in [5, 5.41) is 17.3. The Morgan fingerprint density at radius 2 is 2.00 bits per heavy atom. The number of non-ortho nitro benzene ring substituents is 1. The average molecular weight is 437 g/mol. The van der Waals surface area contributed by atoms with Gasteiger partial charge in [0.1, 0.15) is 5.03 Å². The zero-order valence-corrected chi connectivity index (χ0v) is 17.5. The van der Waals surface area contributed by atoms with Crippen LogP contribution in [0.3, 0.4) is 0 Å². The van der Waals surface area contributed by atoms with E-state index < -0.39 is 4.92 Å². The van der Waals surface area contributed by atoms with Crippen molar-refractivity contribution in [2.45, 2.75) is 11.9 Å². The second kappa shape index (κ2) is 8.60. The molecular weight excluding hydrogens is 420 g/mol. The summed E-state index contributed by atoms with van der Waals surface area (Å²) in [5.74, 6) is 0.484. The lowest BCUT2D eigenvalue weighted by Gasteiger charge is -2.10. The molecule has 0 aliphatic heterocycles. The number of benzene rings is 2. The standard InChI is InChI=1S/C21H16N4O3S2/c1-13-8-9-14(25(27)28)11-17(13)22-19(26)12-30-21-15-5-2-3-6-16(15)23-20(24-21)18-7-4-10-29-18/h2-11H,12H2,1H3,(H,22,26).